The lowest BCUT2D eigenvalue weighted by Crippen LogP contribution is -2.03. The number of aliphatic imine (C=N–C) groups is 1. The van der Waals surface area contributed by atoms with E-state index >= 15 is 0 Å². The molecule has 0 spiro atoms. The number of carbonyl (C=O) groups excluding carboxylic acids is 2. The minimum atomic E-state index is -0.337. The van der Waals surface area contributed by atoms with Crippen LogP contribution in [0.5, 0.6) is 0 Å². The number of hydrogen-bond donors (Lipinski definition) is 0. The van der Waals surface area contributed by atoms with Crippen molar-refractivity contribution < 1.29 is 14.3 Å². The Morgan fingerprint density at radius 1 is 1.50 bits per heavy atom. The Balaban J connectivity index is 2.11. The molecule has 0 fully saturated rings. The lowest BCUT2D eigenvalue weighted by molar-refractivity contribution is -0.115. The molecule has 0 aromatic carbocycles. The Hall–Kier alpha value is -1.21. The maximum absolute atomic E-state index is 11.6. The molecule has 1 aliphatic heterocycles. The predicted octanol–water partition coefficient (Wildman–Crippen LogP) is 1.84. The van der Waals surface area contributed by atoms with Gasteiger partial charge in [-0.25, -0.2) is 14.8 Å². The molecular weight excluding hydrogens is 272 g/mol. The largest absolute Gasteiger partial charge is 0.462 e. The lowest BCUT2D eigenvalue weighted by Gasteiger charge is -1.97. The molecule has 96 valence electrons. The molecule has 1 aromatic rings. The smallest absolute Gasteiger partial charge is 0.350 e. The van der Waals surface area contributed by atoms with E-state index in [1.165, 1.54) is 23.1 Å². The topological polar surface area (TPSA) is 68.6 Å². The number of rotatable bonds is 4. The van der Waals surface area contributed by atoms with Crippen molar-refractivity contribution in [2.75, 3.05) is 12.4 Å². The molecule has 0 aliphatic carbocycles. The Labute approximate surface area is 113 Å². The van der Waals surface area contributed by atoms with Gasteiger partial charge >= 0.3 is 5.97 Å². The number of thiazole rings is 1. The summed E-state index contributed by atoms with van der Waals surface area (Å²) in [6, 6.07) is 0. The van der Waals surface area contributed by atoms with Crippen molar-refractivity contribution >= 4 is 40.0 Å². The first-order valence-electron chi connectivity index (χ1n) is 5.46. The molecule has 0 N–H and O–H groups in total. The number of aromatic nitrogens is 1. The Bertz CT molecular complexity index is 522. The number of esters is 1. The normalized spacial score (nSPS) is 14.8. The molecule has 2 rings (SSSR count). The number of carbonyl (C=O) groups is 2. The van der Waals surface area contributed by atoms with Crippen molar-refractivity contribution in [1.29, 1.82) is 0 Å². The van der Waals surface area contributed by atoms with Crippen LogP contribution >= 0.6 is 23.1 Å². The molecule has 0 radical (unpaired) electrons. The fourth-order valence-corrected chi connectivity index (χ4v) is 3.30. The molecule has 0 saturated heterocycles. The van der Waals surface area contributed by atoms with Gasteiger partial charge in [-0.1, -0.05) is 0 Å². The second-order valence-electron chi connectivity index (χ2n) is 3.61. The van der Waals surface area contributed by atoms with E-state index in [2.05, 4.69) is 9.98 Å². The summed E-state index contributed by atoms with van der Waals surface area (Å²) < 4.78 is 4.95. The molecule has 0 bridgehead atoms. The molecule has 18 heavy (non-hydrogen) atoms. The van der Waals surface area contributed by atoms with E-state index in [4.69, 9.17) is 4.74 Å². The van der Waals surface area contributed by atoms with Gasteiger partial charge in [0.05, 0.1) is 23.1 Å². The van der Waals surface area contributed by atoms with E-state index in [0.717, 1.165) is 10.1 Å². The molecule has 1 aliphatic rings. The van der Waals surface area contributed by atoms with Crippen molar-refractivity contribution in [3.63, 3.8) is 0 Å². The first kappa shape index (κ1) is 13.2. The summed E-state index contributed by atoms with van der Waals surface area (Å²) in [5.74, 6) is -0.0329. The van der Waals surface area contributed by atoms with Crippen molar-refractivity contribution in [1.82, 2.24) is 4.98 Å². The van der Waals surface area contributed by atoms with Crippen LogP contribution in [0.25, 0.3) is 0 Å². The van der Waals surface area contributed by atoms with E-state index in [-0.39, 0.29) is 11.9 Å². The molecule has 2 heterocycles. The maximum atomic E-state index is 11.6. The van der Waals surface area contributed by atoms with Gasteiger partial charge in [-0.15, -0.1) is 23.1 Å². The van der Waals surface area contributed by atoms with Crippen LogP contribution in [0.4, 0.5) is 0 Å². The van der Waals surface area contributed by atoms with Crippen LogP contribution < -0.4 is 0 Å². The first-order valence-corrected chi connectivity index (χ1v) is 7.27. The fourth-order valence-electron chi connectivity index (χ4n) is 1.48. The maximum Gasteiger partial charge on any atom is 0.350 e. The van der Waals surface area contributed by atoms with Crippen LogP contribution in [0.15, 0.2) is 4.99 Å². The van der Waals surface area contributed by atoms with Crippen molar-refractivity contribution in [2.45, 2.75) is 20.3 Å². The molecule has 5 nitrogen and oxygen atoms in total. The summed E-state index contributed by atoms with van der Waals surface area (Å²) in [5.41, 5.74) is 0.670. The standard InChI is InChI=1S/C11H12N2O3S2/c1-3-16-11(15)10-6(2)12-9(18-10)4-8-13-7(14)5-17-8/h3-5H2,1-2H3. The zero-order valence-electron chi connectivity index (χ0n) is 10.1. The SMILES string of the molecule is CCOC(=O)c1sc(CC2=NC(=O)CS2)nc1C. The third-order valence-corrected chi connectivity index (χ3v) is 4.31. The summed E-state index contributed by atoms with van der Waals surface area (Å²) in [5, 5.41) is 1.56. The number of hydrogen-bond acceptors (Lipinski definition) is 6. The van der Waals surface area contributed by atoms with Crippen molar-refractivity contribution in [2.24, 2.45) is 4.99 Å². The Morgan fingerprint density at radius 2 is 2.28 bits per heavy atom. The Morgan fingerprint density at radius 3 is 2.89 bits per heavy atom. The third kappa shape index (κ3) is 2.97. The lowest BCUT2D eigenvalue weighted by atomic mass is 10.4. The molecule has 7 heteroatoms. The van der Waals surface area contributed by atoms with Crippen molar-refractivity contribution in [3.8, 4) is 0 Å². The third-order valence-electron chi connectivity index (χ3n) is 2.22. The molecular formula is C11H12N2O3S2. The minimum Gasteiger partial charge on any atom is -0.462 e. The summed E-state index contributed by atoms with van der Waals surface area (Å²) in [6.45, 7) is 3.90. The van der Waals surface area contributed by atoms with Crippen molar-refractivity contribution in [3.05, 3.63) is 15.6 Å². The van der Waals surface area contributed by atoms with Crippen LogP contribution in [0.2, 0.25) is 0 Å². The van der Waals surface area contributed by atoms with E-state index < -0.39 is 0 Å². The molecule has 0 saturated carbocycles. The molecule has 1 amide bonds. The van der Waals surface area contributed by atoms with Gasteiger partial charge in [0, 0.05) is 6.42 Å². The first-order chi connectivity index (χ1) is 8.60. The quantitative estimate of drug-likeness (QED) is 0.789. The molecule has 0 atom stereocenters. The van der Waals surface area contributed by atoms with Gasteiger partial charge in [0.15, 0.2) is 0 Å². The summed E-state index contributed by atoms with van der Waals surface area (Å²) >= 11 is 2.73. The summed E-state index contributed by atoms with van der Waals surface area (Å²) in [6.07, 6.45) is 0.515. The highest BCUT2D eigenvalue weighted by molar-refractivity contribution is 8.15. The molecule has 1 aromatic heterocycles. The van der Waals surface area contributed by atoms with E-state index in [0.29, 0.717) is 29.4 Å². The van der Waals surface area contributed by atoms with Gasteiger partial charge in [-0.05, 0) is 13.8 Å². The second kappa shape index (κ2) is 5.62. The van der Waals surface area contributed by atoms with E-state index in [9.17, 15) is 9.59 Å². The highest BCUT2D eigenvalue weighted by Crippen LogP contribution is 2.23. The van der Waals surface area contributed by atoms with Crippen LogP contribution in [0.1, 0.15) is 27.3 Å². The van der Waals surface area contributed by atoms with E-state index in [1.807, 2.05) is 0 Å². The van der Waals surface area contributed by atoms with Gasteiger partial charge < -0.3 is 4.74 Å². The number of amides is 1. The highest BCUT2D eigenvalue weighted by atomic mass is 32.2. The number of nitrogens with zero attached hydrogens (tertiary/aromatic N) is 2. The van der Waals surface area contributed by atoms with Gasteiger partial charge in [0.25, 0.3) is 5.91 Å². The van der Waals surface area contributed by atoms with Gasteiger partial charge in [0.1, 0.15) is 9.88 Å². The summed E-state index contributed by atoms with van der Waals surface area (Å²) in [7, 11) is 0. The average molecular weight is 284 g/mol. The zero-order valence-corrected chi connectivity index (χ0v) is 11.7. The van der Waals surface area contributed by atoms with Gasteiger partial charge in [-0.2, -0.15) is 0 Å². The van der Waals surface area contributed by atoms with Crippen LogP contribution in [0, 0.1) is 6.92 Å². The second-order valence-corrected chi connectivity index (χ2v) is 5.74. The highest BCUT2D eigenvalue weighted by Gasteiger charge is 2.20. The van der Waals surface area contributed by atoms with Gasteiger partial charge in [-0.3, -0.25) is 4.79 Å². The average Bonchev–Trinajstić information content (AvgIpc) is 2.86. The predicted molar refractivity (Wildman–Crippen MR) is 71.4 cm³/mol. The fraction of sp³-hybridized carbons (Fsp3) is 0.455. The number of thioether (sulfide) groups is 1. The van der Waals surface area contributed by atoms with Crippen LogP contribution in [0.3, 0.4) is 0 Å². The minimum absolute atomic E-state index is 0.103. The van der Waals surface area contributed by atoms with Crippen LogP contribution in [-0.2, 0) is 16.0 Å². The number of ether oxygens (including phenoxy) is 1. The van der Waals surface area contributed by atoms with E-state index in [1.54, 1.807) is 13.8 Å². The monoisotopic (exact) mass is 284 g/mol. The molecule has 0 unspecified atom stereocenters. The number of aryl methyl sites for hydroxylation is 1. The summed E-state index contributed by atoms with van der Waals surface area (Å²) in [4.78, 5) is 31.4. The van der Waals surface area contributed by atoms with Crippen LogP contribution in [-0.4, -0.2) is 34.3 Å². The van der Waals surface area contributed by atoms with Gasteiger partial charge in [0.2, 0.25) is 0 Å². The Kier molecular flexibility index (Phi) is 4.13. The zero-order chi connectivity index (χ0) is 13.1.